The summed E-state index contributed by atoms with van der Waals surface area (Å²) in [5.41, 5.74) is 2.57. The number of nitrogens with two attached hydrogens (primary N) is 1. The van der Waals surface area contributed by atoms with Crippen molar-refractivity contribution >= 4 is 44.6 Å². The molecule has 0 atom stereocenters. The number of halogens is 1. The Labute approximate surface area is 191 Å². The minimum absolute atomic E-state index is 0.0686. The van der Waals surface area contributed by atoms with Crippen molar-refractivity contribution in [1.29, 1.82) is 0 Å². The maximum absolute atomic E-state index is 11.9. The highest BCUT2D eigenvalue weighted by atomic mass is 35.5. The second-order valence-corrected chi connectivity index (χ2v) is 9.21. The van der Waals surface area contributed by atoms with E-state index >= 15 is 0 Å². The molecule has 3 aromatic rings. The Balaban J connectivity index is 1.53. The molecule has 1 aliphatic heterocycles. The van der Waals surface area contributed by atoms with Crippen molar-refractivity contribution in [2.45, 2.75) is 11.4 Å². The zero-order chi connectivity index (χ0) is 22.6. The molecule has 0 saturated carbocycles. The maximum Gasteiger partial charge on any atom is 0.238 e. The lowest BCUT2D eigenvalue weighted by atomic mass is 10.1. The standard InChI is InChI=1S/C21H23ClN6O3S/c22-16-1-3-17(4-2-16)27-21-12-20(25-14-26-21)24-13-15-11-18(32(23,29)30)5-6-19(15)28-7-9-31-10-8-28/h1-6,11-12,14H,7-10,13H2,(H2,23,29,30)(H2,24,25,26,27). The van der Waals surface area contributed by atoms with Crippen LogP contribution in [0.4, 0.5) is 23.0 Å². The normalized spacial score (nSPS) is 14.2. The Bertz CT molecular complexity index is 1180. The summed E-state index contributed by atoms with van der Waals surface area (Å²) in [6.07, 6.45) is 1.45. The lowest BCUT2D eigenvalue weighted by molar-refractivity contribution is 0.122. The highest BCUT2D eigenvalue weighted by Gasteiger charge is 2.18. The Morgan fingerprint density at radius 1 is 1.03 bits per heavy atom. The summed E-state index contributed by atoms with van der Waals surface area (Å²) in [4.78, 5) is 10.7. The van der Waals surface area contributed by atoms with Gasteiger partial charge in [0.1, 0.15) is 18.0 Å². The van der Waals surface area contributed by atoms with Crippen molar-refractivity contribution < 1.29 is 13.2 Å². The molecule has 0 aliphatic carbocycles. The summed E-state index contributed by atoms with van der Waals surface area (Å²) in [6, 6.07) is 14.0. The molecule has 1 saturated heterocycles. The summed E-state index contributed by atoms with van der Waals surface area (Å²) in [5.74, 6) is 1.20. The first-order chi connectivity index (χ1) is 15.4. The van der Waals surface area contributed by atoms with Crippen LogP contribution in [-0.2, 0) is 21.3 Å². The third-order valence-electron chi connectivity index (χ3n) is 4.97. The summed E-state index contributed by atoms with van der Waals surface area (Å²) in [5, 5.41) is 12.4. The smallest absolute Gasteiger partial charge is 0.238 e. The van der Waals surface area contributed by atoms with E-state index in [1.54, 1.807) is 30.3 Å². The molecule has 1 aromatic heterocycles. The molecule has 4 N–H and O–H groups in total. The van der Waals surface area contributed by atoms with Crippen molar-refractivity contribution in [2.24, 2.45) is 5.14 Å². The molecule has 1 fully saturated rings. The minimum atomic E-state index is -3.82. The number of aromatic nitrogens is 2. The van der Waals surface area contributed by atoms with E-state index in [0.29, 0.717) is 36.4 Å². The number of nitrogens with zero attached hydrogens (tertiary/aromatic N) is 3. The number of rotatable bonds is 7. The van der Waals surface area contributed by atoms with Crippen molar-refractivity contribution in [3.8, 4) is 0 Å². The number of anilines is 4. The first-order valence-corrected chi connectivity index (χ1v) is 11.9. The van der Waals surface area contributed by atoms with Gasteiger partial charge in [0, 0.05) is 42.1 Å². The zero-order valence-corrected chi connectivity index (χ0v) is 18.7. The predicted octanol–water partition coefficient (Wildman–Crippen LogP) is 2.97. The first kappa shape index (κ1) is 22.3. The number of nitrogens with one attached hydrogen (secondary N) is 2. The number of primary sulfonamides is 1. The van der Waals surface area contributed by atoms with Gasteiger partial charge < -0.3 is 20.3 Å². The molecule has 168 valence electrons. The zero-order valence-electron chi connectivity index (χ0n) is 17.2. The van der Waals surface area contributed by atoms with Gasteiger partial charge in [-0.15, -0.1) is 0 Å². The van der Waals surface area contributed by atoms with Gasteiger partial charge in [-0.3, -0.25) is 0 Å². The van der Waals surface area contributed by atoms with E-state index in [1.165, 1.54) is 12.4 Å². The van der Waals surface area contributed by atoms with Crippen LogP contribution in [0, 0.1) is 0 Å². The summed E-state index contributed by atoms with van der Waals surface area (Å²) in [7, 11) is -3.82. The maximum atomic E-state index is 11.9. The highest BCUT2D eigenvalue weighted by Crippen LogP contribution is 2.26. The SMILES string of the molecule is NS(=O)(=O)c1ccc(N2CCOCC2)c(CNc2cc(Nc3ccc(Cl)cc3)ncn2)c1. The summed E-state index contributed by atoms with van der Waals surface area (Å²) >= 11 is 5.93. The van der Waals surface area contributed by atoms with Gasteiger partial charge in [0.05, 0.1) is 18.1 Å². The van der Waals surface area contributed by atoms with Crippen LogP contribution >= 0.6 is 11.6 Å². The monoisotopic (exact) mass is 474 g/mol. The fraction of sp³-hybridized carbons (Fsp3) is 0.238. The molecule has 0 bridgehead atoms. The molecule has 2 heterocycles. The van der Waals surface area contributed by atoms with E-state index in [9.17, 15) is 8.42 Å². The molecule has 1 aliphatic rings. The quantitative estimate of drug-likeness (QED) is 0.477. The Morgan fingerprint density at radius 3 is 2.47 bits per heavy atom. The highest BCUT2D eigenvalue weighted by molar-refractivity contribution is 7.89. The molecule has 0 amide bonds. The Kier molecular flexibility index (Phi) is 6.75. The van der Waals surface area contributed by atoms with Gasteiger partial charge >= 0.3 is 0 Å². The average Bonchev–Trinajstić information content (AvgIpc) is 2.79. The molecular formula is C21H23ClN6O3S. The molecule has 4 rings (SSSR count). The lowest BCUT2D eigenvalue weighted by Gasteiger charge is -2.31. The van der Waals surface area contributed by atoms with Gasteiger partial charge in [-0.1, -0.05) is 11.6 Å². The van der Waals surface area contributed by atoms with Gasteiger partial charge in [0.25, 0.3) is 0 Å². The molecule has 11 heteroatoms. The van der Waals surface area contributed by atoms with Crippen LogP contribution < -0.4 is 20.7 Å². The van der Waals surface area contributed by atoms with Crippen LogP contribution in [0.3, 0.4) is 0 Å². The van der Waals surface area contributed by atoms with Crippen molar-refractivity contribution in [3.05, 3.63) is 65.4 Å². The van der Waals surface area contributed by atoms with Crippen LogP contribution in [-0.4, -0.2) is 44.7 Å². The molecule has 9 nitrogen and oxygen atoms in total. The van der Waals surface area contributed by atoms with E-state index < -0.39 is 10.0 Å². The summed E-state index contributed by atoms with van der Waals surface area (Å²) in [6.45, 7) is 3.05. The van der Waals surface area contributed by atoms with Crippen LogP contribution in [0.15, 0.2) is 59.8 Å². The fourth-order valence-electron chi connectivity index (χ4n) is 3.38. The van der Waals surface area contributed by atoms with Crippen molar-refractivity contribution in [1.82, 2.24) is 9.97 Å². The second kappa shape index (κ2) is 9.70. The largest absolute Gasteiger partial charge is 0.378 e. The number of sulfonamides is 1. The van der Waals surface area contributed by atoms with E-state index in [0.717, 1.165) is 30.0 Å². The van der Waals surface area contributed by atoms with E-state index in [-0.39, 0.29) is 4.90 Å². The molecule has 0 radical (unpaired) electrons. The number of hydrogen-bond acceptors (Lipinski definition) is 8. The molecule has 0 spiro atoms. The third kappa shape index (κ3) is 5.65. The minimum Gasteiger partial charge on any atom is -0.378 e. The first-order valence-electron chi connectivity index (χ1n) is 9.95. The van der Waals surface area contributed by atoms with Gasteiger partial charge in [-0.25, -0.2) is 23.5 Å². The lowest BCUT2D eigenvalue weighted by Crippen LogP contribution is -2.37. The van der Waals surface area contributed by atoms with Gasteiger partial charge in [-0.05, 0) is 48.0 Å². The van der Waals surface area contributed by atoms with E-state index in [2.05, 4.69) is 25.5 Å². The number of hydrogen-bond donors (Lipinski definition) is 3. The Morgan fingerprint density at radius 2 is 1.75 bits per heavy atom. The van der Waals surface area contributed by atoms with Crippen LogP contribution in [0.2, 0.25) is 5.02 Å². The molecule has 32 heavy (non-hydrogen) atoms. The van der Waals surface area contributed by atoms with E-state index in [4.69, 9.17) is 21.5 Å². The van der Waals surface area contributed by atoms with Gasteiger partial charge in [0.15, 0.2) is 0 Å². The van der Waals surface area contributed by atoms with Gasteiger partial charge in [-0.2, -0.15) is 0 Å². The number of ether oxygens (including phenoxy) is 1. The van der Waals surface area contributed by atoms with Crippen molar-refractivity contribution in [3.63, 3.8) is 0 Å². The number of morpholine rings is 1. The summed E-state index contributed by atoms with van der Waals surface area (Å²) < 4.78 is 29.2. The predicted molar refractivity (Wildman–Crippen MR) is 125 cm³/mol. The third-order valence-corrected chi connectivity index (χ3v) is 6.14. The molecule has 2 aromatic carbocycles. The topological polar surface area (TPSA) is 122 Å². The van der Waals surface area contributed by atoms with Crippen LogP contribution in [0.25, 0.3) is 0 Å². The van der Waals surface area contributed by atoms with E-state index in [1.807, 2.05) is 12.1 Å². The fourth-order valence-corrected chi connectivity index (χ4v) is 4.07. The van der Waals surface area contributed by atoms with Crippen molar-refractivity contribution in [2.75, 3.05) is 41.8 Å². The van der Waals surface area contributed by atoms with Crippen LogP contribution in [0.5, 0.6) is 0 Å². The Hall–Kier alpha value is -2.92. The average molecular weight is 475 g/mol. The van der Waals surface area contributed by atoms with Crippen LogP contribution in [0.1, 0.15) is 5.56 Å². The molecular weight excluding hydrogens is 452 g/mol. The second-order valence-electron chi connectivity index (χ2n) is 7.21. The van der Waals surface area contributed by atoms with Gasteiger partial charge in [0.2, 0.25) is 10.0 Å². The number of benzene rings is 2. The molecule has 0 unspecified atom stereocenters.